The van der Waals surface area contributed by atoms with Crippen molar-refractivity contribution in [1.29, 1.82) is 0 Å². The summed E-state index contributed by atoms with van der Waals surface area (Å²) in [5.74, 6) is 0.593. The molecule has 0 aliphatic heterocycles. The molecule has 0 N–H and O–H groups in total. The van der Waals surface area contributed by atoms with Gasteiger partial charge in [-0.25, -0.2) is 4.68 Å². The Morgan fingerprint density at radius 3 is 2.72 bits per heavy atom. The van der Waals surface area contributed by atoms with E-state index in [0.29, 0.717) is 11.1 Å². The predicted molar refractivity (Wildman–Crippen MR) is 77.5 cm³/mol. The molecule has 1 aliphatic rings. The SMILES string of the molecule is Clc1cc(C2CCCC2)nn1-c1cccc(Br)c1. The predicted octanol–water partition coefficient (Wildman–Crippen LogP) is 4.95. The van der Waals surface area contributed by atoms with E-state index in [-0.39, 0.29) is 0 Å². The average molecular weight is 326 g/mol. The van der Waals surface area contributed by atoms with Crippen LogP contribution in [0.4, 0.5) is 0 Å². The smallest absolute Gasteiger partial charge is 0.133 e. The molecule has 1 heterocycles. The zero-order valence-electron chi connectivity index (χ0n) is 9.94. The molecule has 3 rings (SSSR count). The van der Waals surface area contributed by atoms with Crippen molar-refractivity contribution in [3.05, 3.63) is 45.7 Å². The van der Waals surface area contributed by atoms with Crippen LogP contribution in [0.15, 0.2) is 34.8 Å². The fourth-order valence-corrected chi connectivity index (χ4v) is 3.22. The van der Waals surface area contributed by atoms with Gasteiger partial charge in [-0.15, -0.1) is 0 Å². The third kappa shape index (κ3) is 2.34. The largest absolute Gasteiger partial charge is 0.222 e. The Labute approximate surface area is 120 Å². The maximum atomic E-state index is 6.30. The van der Waals surface area contributed by atoms with Gasteiger partial charge < -0.3 is 0 Å². The van der Waals surface area contributed by atoms with Crippen LogP contribution in [-0.4, -0.2) is 9.78 Å². The summed E-state index contributed by atoms with van der Waals surface area (Å²) in [6, 6.07) is 10.0. The van der Waals surface area contributed by atoms with Crippen LogP contribution in [0, 0.1) is 0 Å². The first-order valence-electron chi connectivity index (χ1n) is 6.25. The molecule has 1 fully saturated rings. The van der Waals surface area contributed by atoms with E-state index in [9.17, 15) is 0 Å². The number of rotatable bonds is 2. The summed E-state index contributed by atoms with van der Waals surface area (Å²) in [6.07, 6.45) is 5.11. The molecule has 18 heavy (non-hydrogen) atoms. The van der Waals surface area contributed by atoms with Crippen molar-refractivity contribution in [3.8, 4) is 5.69 Å². The van der Waals surface area contributed by atoms with Gasteiger partial charge in [-0.05, 0) is 37.1 Å². The van der Waals surface area contributed by atoms with Gasteiger partial charge in [-0.2, -0.15) is 5.10 Å². The first-order valence-corrected chi connectivity index (χ1v) is 7.42. The molecule has 94 valence electrons. The Hall–Kier alpha value is -0.800. The van der Waals surface area contributed by atoms with E-state index in [0.717, 1.165) is 15.9 Å². The van der Waals surface area contributed by atoms with Crippen LogP contribution < -0.4 is 0 Å². The second kappa shape index (κ2) is 5.06. The quantitative estimate of drug-likeness (QED) is 0.764. The van der Waals surface area contributed by atoms with Crippen LogP contribution in [0.25, 0.3) is 5.69 Å². The van der Waals surface area contributed by atoms with Gasteiger partial charge in [0.1, 0.15) is 5.15 Å². The van der Waals surface area contributed by atoms with Crippen molar-refractivity contribution in [3.63, 3.8) is 0 Å². The summed E-state index contributed by atoms with van der Waals surface area (Å²) in [6.45, 7) is 0. The zero-order chi connectivity index (χ0) is 12.5. The fourth-order valence-electron chi connectivity index (χ4n) is 2.59. The Morgan fingerprint density at radius 1 is 1.22 bits per heavy atom. The fraction of sp³-hybridized carbons (Fsp3) is 0.357. The third-order valence-electron chi connectivity index (χ3n) is 3.51. The minimum Gasteiger partial charge on any atom is -0.222 e. The topological polar surface area (TPSA) is 17.8 Å². The number of halogens is 2. The van der Waals surface area contributed by atoms with Gasteiger partial charge in [0.15, 0.2) is 0 Å². The molecule has 0 atom stereocenters. The zero-order valence-corrected chi connectivity index (χ0v) is 12.3. The lowest BCUT2D eigenvalue weighted by Gasteiger charge is -2.05. The van der Waals surface area contributed by atoms with E-state index in [1.165, 1.54) is 25.7 Å². The molecule has 0 unspecified atom stereocenters. The lowest BCUT2D eigenvalue weighted by molar-refractivity contribution is 0.678. The van der Waals surface area contributed by atoms with E-state index in [1.54, 1.807) is 0 Å². The molecule has 2 nitrogen and oxygen atoms in total. The molecular formula is C14H14BrClN2. The van der Waals surface area contributed by atoms with Gasteiger partial charge in [0.05, 0.1) is 11.4 Å². The number of hydrogen-bond donors (Lipinski definition) is 0. The van der Waals surface area contributed by atoms with Crippen molar-refractivity contribution in [1.82, 2.24) is 9.78 Å². The molecule has 1 aliphatic carbocycles. The molecule has 0 bridgehead atoms. The van der Waals surface area contributed by atoms with Gasteiger partial charge in [0.2, 0.25) is 0 Å². The van der Waals surface area contributed by atoms with E-state index >= 15 is 0 Å². The summed E-state index contributed by atoms with van der Waals surface area (Å²) in [5.41, 5.74) is 2.14. The van der Waals surface area contributed by atoms with Crippen LogP contribution >= 0.6 is 27.5 Å². The number of benzene rings is 1. The minimum atomic E-state index is 0.593. The highest BCUT2D eigenvalue weighted by atomic mass is 79.9. The van der Waals surface area contributed by atoms with Gasteiger partial charge in [0, 0.05) is 10.4 Å². The highest BCUT2D eigenvalue weighted by Gasteiger charge is 2.21. The first-order chi connectivity index (χ1) is 8.74. The Balaban J connectivity index is 1.97. The van der Waals surface area contributed by atoms with Crippen LogP contribution in [-0.2, 0) is 0 Å². The first kappa shape index (κ1) is 12.2. The number of aromatic nitrogens is 2. The van der Waals surface area contributed by atoms with Gasteiger partial charge in [-0.1, -0.05) is 46.4 Å². The maximum absolute atomic E-state index is 6.30. The molecule has 2 aromatic rings. The van der Waals surface area contributed by atoms with Gasteiger partial charge in [0.25, 0.3) is 0 Å². The van der Waals surface area contributed by atoms with Crippen molar-refractivity contribution >= 4 is 27.5 Å². The monoisotopic (exact) mass is 324 g/mol. The van der Waals surface area contributed by atoms with E-state index in [4.69, 9.17) is 11.6 Å². The highest BCUT2D eigenvalue weighted by molar-refractivity contribution is 9.10. The van der Waals surface area contributed by atoms with Crippen molar-refractivity contribution in [2.45, 2.75) is 31.6 Å². The van der Waals surface area contributed by atoms with Crippen LogP contribution in [0.2, 0.25) is 5.15 Å². The molecule has 0 amide bonds. The Morgan fingerprint density at radius 2 is 2.00 bits per heavy atom. The molecule has 4 heteroatoms. The molecule has 1 aromatic heterocycles. The molecule has 0 saturated heterocycles. The van der Waals surface area contributed by atoms with Crippen LogP contribution in [0.3, 0.4) is 0 Å². The second-order valence-electron chi connectivity index (χ2n) is 4.76. The Bertz CT molecular complexity index is 559. The summed E-state index contributed by atoms with van der Waals surface area (Å²) >= 11 is 9.77. The van der Waals surface area contributed by atoms with Crippen molar-refractivity contribution < 1.29 is 0 Å². The maximum Gasteiger partial charge on any atom is 0.133 e. The number of hydrogen-bond acceptors (Lipinski definition) is 1. The van der Waals surface area contributed by atoms with E-state index in [2.05, 4.69) is 21.0 Å². The second-order valence-corrected chi connectivity index (χ2v) is 6.07. The van der Waals surface area contributed by atoms with E-state index in [1.807, 2.05) is 35.0 Å². The summed E-state index contributed by atoms with van der Waals surface area (Å²) < 4.78 is 2.86. The standard InChI is InChI=1S/C14H14BrClN2/c15-11-6-3-7-12(8-11)18-14(16)9-13(17-18)10-4-1-2-5-10/h3,6-10H,1-2,4-5H2. The van der Waals surface area contributed by atoms with Crippen LogP contribution in [0.1, 0.15) is 37.3 Å². The van der Waals surface area contributed by atoms with Crippen molar-refractivity contribution in [2.75, 3.05) is 0 Å². The Kier molecular flexibility index (Phi) is 3.44. The van der Waals surface area contributed by atoms with Gasteiger partial charge >= 0.3 is 0 Å². The lowest BCUT2D eigenvalue weighted by atomic mass is 10.1. The summed E-state index contributed by atoms with van der Waals surface area (Å²) in [5, 5.41) is 5.36. The third-order valence-corrected chi connectivity index (χ3v) is 4.27. The minimum absolute atomic E-state index is 0.593. The normalized spacial score (nSPS) is 16.3. The molecule has 0 spiro atoms. The summed E-state index contributed by atoms with van der Waals surface area (Å²) in [7, 11) is 0. The summed E-state index contributed by atoms with van der Waals surface area (Å²) in [4.78, 5) is 0. The highest BCUT2D eigenvalue weighted by Crippen LogP contribution is 2.35. The number of nitrogens with zero attached hydrogens (tertiary/aromatic N) is 2. The molecular weight excluding hydrogens is 312 g/mol. The van der Waals surface area contributed by atoms with E-state index < -0.39 is 0 Å². The average Bonchev–Trinajstić information content (AvgIpc) is 2.97. The van der Waals surface area contributed by atoms with Gasteiger partial charge in [-0.3, -0.25) is 0 Å². The molecule has 1 saturated carbocycles. The lowest BCUT2D eigenvalue weighted by Crippen LogP contribution is -1.99. The van der Waals surface area contributed by atoms with Crippen molar-refractivity contribution in [2.24, 2.45) is 0 Å². The van der Waals surface area contributed by atoms with Crippen LogP contribution in [0.5, 0.6) is 0 Å². The molecule has 0 radical (unpaired) electrons. The molecule has 1 aromatic carbocycles.